The lowest BCUT2D eigenvalue weighted by molar-refractivity contribution is -0.123. The smallest absolute Gasteiger partial charge is 0.257 e. The first-order valence-electron chi connectivity index (χ1n) is 7.86. The molecule has 0 spiro atoms. The van der Waals surface area contributed by atoms with Crippen molar-refractivity contribution >= 4 is 5.91 Å². The molecule has 1 amide bonds. The molecule has 1 rings (SSSR count). The molecule has 0 fully saturated rings. The molecular weight excluding hydrogens is 278 g/mol. The standard InChI is InChI=1S/C18H29NO3/c1-13(2)15-7-6-14(3)16(10-15)22-11-17(21)19-12-18(4,5)8-9-20/h6-7,10,13,20H,8-9,11-12H2,1-5H3,(H,19,21). The maximum absolute atomic E-state index is 11.9. The molecule has 0 heterocycles. The molecule has 1 aromatic carbocycles. The van der Waals surface area contributed by atoms with Gasteiger partial charge in [-0.25, -0.2) is 0 Å². The fourth-order valence-electron chi connectivity index (χ4n) is 2.05. The second kappa shape index (κ2) is 8.18. The maximum Gasteiger partial charge on any atom is 0.257 e. The van der Waals surface area contributed by atoms with Crippen LogP contribution in [0.3, 0.4) is 0 Å². The average molecular weight is 307 g/mol. The lowest BCUT2D eigenvalue weighted by atomic mass is 9.90. The monoisotopic (exact) mass is 307 g/mol. The highest BCUT2D eigenvalue weighted by Gasteiger charge is 2.18. The average Bonchev–Trinajstić information content (AvgIpc) is 2.44. The molecule has 0 atom stereocenters. The summed E-state index contributed by atoms with van der Waals surface area (Å²) in [6.45, 7) is 10.9. The van der Waals surface area contributed by atoms with Gasteiger partial charge in [-0.3, -0.25) is 4.79 Å². The number of nitrogens with one attached hydrogen (secondary N) is 1. The van der Waals surface area contributed by atoms with Crippen molar-refractivity contribution in [2.75, 3.05) is 19.8 Å². The van der Waals surface area contributed by atoms with E-state index in [1.807, 2.05) is 32.9 Å². The SMILES string of the molecule is Cc1ccc(C(C)C)cc1OCC(=O)NCC(C)(C)CCO. The molecule has 2 N–H and O–H groups in total. The summed E-state index contributed by atoms with van der Waals surface area (Å²) in [4.78, 5) is 11.9. The van der Waals surface area contributed by atoms with E-state index in [0.717, 1.165) is 11.3 Å². The number of aliphatic hydroxyl groups is 1. The molecule has 22 heavy (non-hydrogen) atoms. The number of ether oxygens (including phenoxy) is 1. The van der Waals surface area contributed by atoms with Crippen molar-refractivity contribution in [2.45, 2.75) is 47.0 Å². The van der Waals surface area contributed by atoms with Gasteiger partial charge in [-0.05, 0) is 41.9 Å². The van der Waals surface area contributed by atoms with E-state index >= 15 is 0 Å². The van der Waals surface area contributed by atoms with Crippen molar-refractivity contribution in [2.24, 2.45) is 5.41 Å². The third-order valence-electron chi connectivity index (χ3n) is 3.79. The normalized spacial score (nSPS) is 11.6. The fraction of sp³-hybridized carbons (Fsp3) is 0.611. The minimum Gasteiger partial charge on any atom is -0.483 e. The van der Waals surface area contributed by atoms with Gasteiger partial charge in [0.05, 0.1) is 0 Å². The number of hydrogen-bond donors (Lipinski definition) is 2. The molecule has 4 heteroatoms. The zero-order valence-electron chi connectivity index (χ0n) is 14.4. The Morgan fingerprint density at radius 3 is 2.64 bits per heavy atom. The molecule has 0 radical (unpaired) electrons. The number of aliphatic hydroxyl groups excluding tert-OH is 1. The Morgan fingerprint density at radius 2 is 2.05 bits per heavy atom. The molecule has 0 aromatic heterocycles. The van der Waals surface area contributed by atoms with Crippen LogP contribution in [0.1, 0.15) is 51.2 Å². The summed E-state index contributed by atoms with van der Waals surface area (Å²) in [7, 11) is 0. The van der Waals surface area contributed by atoms with Crippen molar-refractivity contribution in [3.05, 3.63) is 29.3 Å². The number of carbonyl (C=O) groups excluding carboxylic acids is 1. The fourth-order valence-corrected chi connectivity index (χ4v) is 2.05. The quantitative estimate of drug-likeness (QED) is 0.776. The minimum absolute atomic E-state index is 0.0115. The van der Waals surface area contributed by atoms with Gasteiger partial charge in [0.15, 0.2) is 6.61 Å². The van der Waals surface area contributed by atoms with Crippen LogP contribution in [-0.2, 0) is 4.79 Å². The van der Waals surface area contributed by atoms with E-state index < -0.39 is 0 Å². The number of aryl methyl sites for hydroxylation is 1. The van der Waals surface area contributed by atoms with Gasteiger partial charge in [0.2, 0.25) is 0 Å². The van der Waals surface area contributed by atoms with Gasteiger partial charge < -0.3 is 15.2 Å². The van der Waals surface area contributed by atoms with Crippen LogP contribution in [0, 0.1) is 12.3 Å². The predicted molar refractivity (Wildman–Crippen MR) is 89.3 cm³/mol. The summed E-state index contributed by atoms with van der Waals surface area (Å²) in [5.74, 6) is 1.05. The molecule has 0 saturated heterocycles. The third kappa shape index (κ3) is 6.06. The largest absolute Gasteiger partial charge is 0.483 e. The van der Waals surface area contributed by atoms with Crippen LogP contribution in [0.5, 0.6) is 5.75 Å². The number of benzene rings is 1. The molecule has 0 unspecified atom stereocenters. The van der Waals surface area contributed by atoms with Crippen LogP contribution in [0.15, 0.2) is 18.2 Å². The molecule has 0 aliphatic heterocycles. The van der Waals surface area contributed by atoms with E-state index in [9.17, 15) is 4.79 Å². The highest BCUT2D eigenvalue weighted by atomic mass is 16.5. The maximum atomic E-state index is 11.9. The van der Waals surface area contributed by atoms with Crippen molar-refractivity contribution in [1.82, 2.24) is 5.32 Å². The Hall–Kier alpha value is -1.55. The Bertz CT molecular complexity index is 495. The molecule has 0 aliphatic rings. The molecular formula is C18H29NO3. The number of carbonyl (C=O) groups is 1. The second-order valence-corrected chi connectivity index (χ2v) is 6.88. The van der Waals surface area contributed by atoms with Crippen LogP contribution < -0.4 is 10.1 Å². The van der Waals surface area contributed by atoms with Gasteiger partial charge in [0, 0.05) is 13.2 Å². The third-order valence-corrected chi connectivity index (χ3v) is 3.79. The molecule has 0 bridgehead atoms. The van der Waals surface area contributed by atoms with Gasteiger partial charge in [-0.15, -0.1) is 0 Å². The highest BCUT2D eigenvalue weighted by Crippen LogP contribution is 2.24. The summed E-state index contributed by atoms with van der Waals surface area (Å²) in [5.41, 5.74) is 2.11. The Kier molecular flexibility index (Phi) is 6.88. The molecule has 4 nitrogen and oxygen atoms in total. The lowest BCUT2D eigenvalue weighted by Crippen LogP contribution is -2.37. The van der Waals surface area contributed by atoms with Crippen LogP contribution in [0.25, 0.3) is 0 Å². The Morgan fingerprint density at radius 1 is 1.36 bits per heavy atom. The number of hydrogen-bond acceptors (Lipinski definition) is 3. The van der Waals surface area contributed by atoms with Crippen LogP contribution in [0.2, 0.25) is 0 Å². The first-order chi connectivity index (χ1) is 10.2. The van der Waals surface area contributed by atoms with Crippen molar-refractivity contribution in [3.8, 4) is 5.75 Å². The summed E-state index contributed by atoms with van der Waals surface area (Å²) in [6, 6.07) is 6.11. The van der Waals surface area contributed by atoms with Gasteiger partial charge in [-0.1, -0.05) is 39.8 Å². The van der Waals surface area contributed by atoms with E-state index in [-0.39, 0.29) is 24.5 Å². The Labute approximate surface area is 133 Å². The van der Waals surface area contributed by atoms with E-state index in [2.05, 4.69) is 25.2 Å². The van der Waals surface area contributed by atoms with Crippen molar-refractivity contribution in [1.29, 1.82) is 0 Å². The highest BCUT2D eigenvalue weighted by molar-refractivity contribution is 5.77. The van der Waals surface area contributed by atoms with Crippen LogP contribution in [-0.4, -0.2) is 30.8 Å². The van der Waals surface area contributed by atoms with E-state index in [0.29, 0.717) is 18.9 Å². The predicted octanol–water partition coefficient (Wildman–Crippen LogP) is 3.02. The second-order valence-electron chi connectivity index (χ2n) is 6.88. The van der Waals surface area contributed by atoms with Crippen molar-refractivity contribution < 1.29 is 14.6 Å². The molecule has 0 saturated carbocycles. The molecule has 1 aromatic rings. The topological polar surface area (TPSA) is 58.6 Å². The van der Waals surface area contributed by atoms with Crippen LogP contribution >= 0.6 is 0 Å². The minimum atomic E-state index is -0.139. The van der Waals surface area contributed by atoms with E-state index in [1.165, 1.54) is 5.56 Å². The molecule has 0 aliphatic carbocycles. The van der Waals surface area contributed by atoms with E-state index in [4.69, 9.17) is 9.84 Å². The molecule has 124 valence electrons. The first kappa shape index (κ1) is 18.5. The summed E-state index contributed by atoms with van der Waals surface area (Å²) in [6.07, 6.45) is 0.656. The zero-order chi connectivity index (χ0) is 16.8. The van der Waals surface area contributed by atoms with Gasteiger partial charge in [-0.2, -0.15) is 0 Å². The zero-order valence-corrected chi connectivity index (χ0v) is 14.4. The lowest BCUT2D eigenvalue weighted by Gasteiger charge is -2.23. The summed E-state index contributed by atoms with van der Waals surface area (Å²) < 4.78 is 5.65. The van der Waals surface area contributed by atoms with Crippen LogP contribution in [0.4, 0.5) is 0 Å². The van der Waals surface area contributed by atoms with Gasteiger partial charge in [0.25, 0.3) is 5.91 Å². The number of amides is 1. The van der Waals surface area contributed by atoms with Gasteiger partial charge >= 0.3 is 0 Å². The first-order valence-corrected chi connectivity index (χ1v) is 7.86. The number of rotatable bonds is 8. The summed E-state index contributed by atoms with van der Waals surface area (Å²) >= 11 is 0. The van der Waals surface area contributed by atoms with Crippen molar-refractivity contribution in [3.63, 3.8) is 0 Å². The van der Waals surface area contributed by atoms with Gasteiger partial charge in [0.1, 0.15) is 5.75 Å². The Balaban J connectivity index is 2.52. The summed E-state index contributed by atoms with van der Waals surface area (Å²) in [5, 5.41) is 11.8. The van der Waals surface area contributed by atoms with E-state index in [1.54, 1.807) is 0 Å².